The summed E-state index contributed by atoms with van der Waals surface area (Å²) in [5, 5.41) is 8.60. The third-order valence-electron chi connectivity index (χ3n) is 4.55. The molecule has 4 rings (SSSR count). The van der Waals surface area contributed by atoms with Gasteiger partial charge in [-0.2, -0.15) is 5.10 Å². The van der Waals surface area contributed by atoms with Crippen LogP contribution in [0.3, 0.4) is 0 Å². The fraction of sp³-hybridized carbons (Fsp3) is 0.278. The summed E-state index contributed by atoms with van der Waals surface area (Å²) in [5.41, 5.74) is 2.43. The first-order valence-electron chi connectivity index (χ1n) is 8.12. The van der Waals surface area contributed by atoms with Crippen LogP contribution in [0.4, 0.5) is 0 Å². The maximum Gasteiger partial charge on any atom is 0.271 e. The first kappa shape index (κ1) is 16.7. The Morgan fingerprint density at radius 3 is 2.69 bits per heavy atom. The summed E-state index contributed by atoms with van der Waals surface area (Å²) in [7, 11) is 3.15. The first-order valence-corrected chi connectivity index (χ1v) is 8.50. The van der Waals surface area contributed by atoms with Gasteiger partial charge in [0.1, 0.15) is 11.4 Å². The number of ether oxygens (including phenoxy) is 2. The Morgan fingerprint density at radius 2 is 2.00 bits per heavy atom. The van der Waals surface area contributed by atoms with E-state index in [1.165, 1.54) is 0 Å². The molecule has 7 nitrogen and oxygen atoms in total. The molecule has 1 aliphatic rings. The van der Waals surface area contributed by atoms with E-state index in [0.717, 1.165) is 16.5 Å². The summed E-state index contributed by atoms with van der Waals surface area (Å²) in [5.74, 6) is 0.956. The highest BCUT2D eigenvalue weighted by molar-refractivity contribution is 6.36. The molecule has 134 valence electrons. The Morgan fingerprint density at radius 1 is 1.27 bits per heavy atom. The van der Waals surface area contributed by atoms with Gasteiger partial charge in [0.05, 0.1) is 30.8 Å². The molecule has 2 aromatic heterocycles. The number of benzene rings is 1. The zero-order valence-electron chi connectivity index (χ0n) is 14.5. The number of nitrogens with one attached hydrogen (secondary N) is 1. The van der Waals surface area contributed by atoms with Gasteiger partial charge in [-0.25, -0.2) is 0 Å². The fourth-order valence-corrected chi connectivity index (χ4v) is 3.51. The van der Waals surface area contributed by atoms with Crippen LogP contribution in [0.2, 0.25) is 5.02 Å². The van der Waals surface area contributed by atoms with Crippen molar-refractivity contribution in [1.29, 1.82) is 0 Å². The minimum Gasteiger partial charge on any atom is -0.493 e. The molecule has 0 bridgehead atoms. The minimum atomic E-state index is -0.218. The van der Waals surface area contributed by atoms with Crippen LogP contribution in [-0.4, -0.2) is 41.4 Å². The highest BCUT2D eigenvalue weighted by atomic mass is 35.5. The molecule has 0 unspecified atom stereocenters. The molecule has 0 aliphatic carbocycles. The molecule has 3 heterocycles. The van der Waals surface area contributed by atoms with Crippen molar-refractivity contribution in [2.24, 2.45) is 0 Å². The lowest BCUT2D eigenvalue weighted by Crippen LogP contribution is -2.38. The maximum atomic E-state index is 12.2. The van der Waals surface area contributed by atoms with E-state index in [1.807, 2.05) is 19.1 Å². The third kappa shape index (κ3) is 2.39. The molecule has 0 spiro atoms. The number of hydrogen-bond acceptors (Lipinski definition) is 5. The summed E-state index contributed by atoms with van der Waals surface area (Å²) in [6.07, 6.45) is 1.68. The average molecular weight is 373 g/mol. The Balaban J connectivity index is 1.98. The number of hydrogen-bond donors (Lipinski definition) is 1. The van der Waals surface area contributed by atoms with Crippen LogP contribution in [-0.2, 0) is 0 Å². The van der Waals surface area contributed by atoms with Crippen LogP contribution in [0.5, 0.6) is 11.5 Å². The van der Waals surface area contributed by atoms with E-state index in [9.17, 15) is 4.79 Å². The number of nitrogens with zero attached hydrogens (tertiary/aromatic N) is 3. The van der Waals surface area contributed by atoms with Gasteiger partial charge in [0.25, 0.3) is 5.91 Å². The largest absolute Gasteiger partial charge is 0.493 e. The van der Waals surface area contributed by atoms with Crippen molar-refractivity contribution in [2.75, 3.05) is 20.8 Å². The summed E-state index contributed by atoms with van der Waals surface area (Å²) in [4.78, 5) is 16.6. The highest BCUT2D eigenvalue weighted by Crippen LogP contribution is 2.39. The number of fused-ring (bicyclic) bond motifs is 2. The second-order valence-electron chi connectivity index (χ2n) is 6.10. The predicted octanol–water partition coefficient (Wildman–Crippen LogP) is 3.07. The first-order chi connectivity index (χ1) is 12.5. The molecule has 0 fully saturated rings. The van der Waals surface area contributed by atoms with Crippen molar-refractivity contribution in [3.63, 3.8) is 0 Å². The molecule has 1 aliphatic heterocycles. The molecule has 1 amide bonds. The number of rotatable bonds is 3. The second-order valence-corrected chi connectivity index (χ2v) is 6.48. The van der Waals surface area contributed by atoms with Gasteiger partial charge in [0, 0.05) is 29.8 Å². The van der Waals surface area contributed by atoms with Gasteiger partial charge in [0.15, 0.2) is 11.5 Å². The van der Waals surface area contributed by atoms with Crippen LogP contribution in [0.15, 0.2) is 24.4 Å². The van der Waals surface area contributed by atoms with Gasteiger partial charge in [-0.05, 0) is 19.1 Å². The van der Waals surface area contributed by atoms with Gasteiger partial charge < -0.3 is 14.8 Å². The van der Waals surface area contributed by atoms with E-state index >= 15 is 0 Å². The second kappa shape index (κ2) is 6.17. The van der Waals surface area contributed by atoms with Crippen molar-refractivity contribution in [1.82, 2.24) is 20.1 Å². The molecular formula is C18H17ClN4O3. The fourth-order valence-electron chi connectivity index (χ4n) is 3.20. The summed E-state index contributed by atoms with van der Waals surface area (Å²) in [6.45, 7) is 2.50. The number of aromatic nitrogens is 3. The predicted molar refractivity (Wildman–Crippen MR) is 98.1 cm³/mol. The normalized spacial score (nSPS) is 16.3. The lowest BCUT2D eigenvalue weighted by atomic mass is 10.0. The third-order valence-corrected chi connectivity index (χ3v) is 4.90. The van der Waals surface area contributed by atoms with Crippen molar-refractivity contribution >= 4 is 28.4 Å². The van der Waals surface area contributed by atoms with Crippen molar-refractivity contribution < 1.29 is 14.3 Å². The smallest absolute Gasteiger partial charge is 0.271 e. The number of amides is 1. The van der Waals surface area contributed by atoms with Crippen LogP contribution in [0.1, 0.15) is 23.5 Å². The lowest BCUT2D eigenvalue weighted by molar-refractivity contribution is 0.0913. The van der Waals surface area contributed by atoms with E-state index in [2.05, 4.69) is 15.4 Å². The van der Waals surface area contributed by atoms with Crippen molar-refractivity contribution in [3.05, 3.63) is 35.1 Å². The number of halogens is 1. The Bertz CT molecular complexity index is 1030. The van der Waals surface area contributed by atoms with Crippen LogP contribution in [0, 0.1) is 0 Å². The van der Waals surface area contributed by atoms with Crippen molar-refractivity contribution in [2.45, 2.75) is 13.0 Å². The molecule has 3 aromatic rings. The Kier molecular flexibility index (Phi) is 3.96. The van der Waals surface area contributed by atoms with Crippen LogP contribution in [0.25, 0.3) is 22.2 Å². The summed E-state index contributed by atoms with van der Waals surface area (Å²) >= 11 is 6.55. The standard InChI is InChI=1S/C18H17ClN4O3/c1-9-8-21-18(24)17-15(19)16(22-23(9)17)10-4-5-20-12-7-14(26-3)13(25-2)6-11(10)12/h4-7,9H,8H2,1-3H3,(H,21,24)/t9-/m1/s1. The van der Waals surface area contributed by atoms with E-state index in [4.69, 9.17) is 21.1 Å². The lowest BCUT2D eigenvalue weighted by Gasteiger charge is -2.21. The van der Waals surface area contributed by atoms with Gasteiger partial charge in [-0.1, -0.05) is 11.6 Å². The van der Waals surface area contributed by atoms with E-state index in [1.54, 1.807) is 31.2 Å². The Hall–Kier alpha value is -2.80. The Labute approximate surface area is 154 Å². The minimum absolute atomic E-state index is 0.0247. The molecule has 26 heavy (non-hydrogen) atoms. The molecule has 1 atom stereocenters. The average Bonchev–Trinajstić information content (AvgIpc) is 3.01. The number of carbonyl (C=O) groups is 1. The molecule has 1 N–H and O–H groups in total. The number of carbonyl (C=O) groups excluding carboxylic acids is 1. The topological polar surface area (TPSA) is 78.3 Å². The molecule has 8 heteroatoms. The molecular weight excluding hydrogens is 356 g/mol. The van der Waals surface area contributed by atoms with Gasteiger partial charge in [-0.15, -0.1) is 0 Å². The van der Waals surface area contributed by atoms with Gasteiger partial charge in [0.2, 0.25) is 0 Å². The van der Waals surface area contributed by atoms with E-state index in [0.29, 0.717) is 34.5 Å². The number of pyridine rings is 1. The molecule has 0 radical (unpaired) electrons. The van der Waals surface area contributed by atoms with Gasteiger partial charge >= 0.3 is 0 Å². The quantitative estimate of drug-likeness (QED) is 0.764. The summed E-state index contributed by atoms with van der Waals surface area (Å²) < 4.78 is 12.4. The molecule has 1 aromatic carbocycles. The van der Waals surface area contributed by atoms with Gasteiger partial charge in [-0.3, -0.25) is 14.5 Å². The number of methoxy groups -OCH3 is 2. The SMILES string of the molecule is COc1cc2nccc(-c3nn4c(c3Cl)C(=O)NC[C@H]4C)c2cc1OC. The van der Waals surface area contributed by atoms with E-state index in [-0.39, 0.29) is 11.9 Å². The highest BCUT2D eigenvalue weighted by Gasteiger charge is 2.30. The zero-order chi connectivity index (χ0) is 18.4. The molecule has 0 saturated heterocycles. The maximum absolute atomic E-state index is 12.2. The zero-order valence-corrected chi connectivity index (χ0v) is 15.3. The van der Waals surface area contributed by atoms with E-state index < -0.39 is 0 Å². The summed E-state index contributed by atoms with van der Waals surface area (Å²) in [6, 6.07) is 5.50. The monoisotopic (exact) mass is 372 g/mol. The van der Waals surface area contributed by atoms with Crippen LogP contribution < -0.4 is 14.8 Å². The molecule has 0 saturated carbocycles. The van der Waals surface area contributed by atoms with Crippen molar-refractivity contribution in [3.8, 4) is 22.8 Å². The van der Waals surface area contributed by atoms with Crippen LogP contribution >= 0.6 is 11.6 Å².